The van der Waals surface area contributed by atoms with Gasteiger partial charge in [0.15, 0.2) is 5.13 Å². The first-order valence-corrected chi connectivity index (χ1v) is 11.6. The van der Waals surface area contributed by atoms with Gasteiger partial charge in [0, 0.05) is 6.07 Å². The van der Waals surface area contributed by atoms with Crippen molar-refractivity contribution in [2.24, 2.45) is 0 Å². The summed E-state index contributed by atoms with van der Waals surface area (Å²) in [6, 6.07) is 10.1. The molecule has 10 heteroatoms. The molecule has 0 aliphatic heterocycles. The number of carbonyl (C=O) groups excluding carboxylic acids is 1. The van der Waals surface area contributed by atoms with E-state index in [1.807, 2.05) is 6.92 Å². The van der Waals surface area contributed by atoms with Crippen LogP contribution in [-0.4, -0.2) is 33.5 Å². The first-order chi connectivity index (χ1) is 14.6. The molecule has 3 rings (SSSR count). The van der Waals surface area contributed by atoms with Gasteiger partial charge < -0.3 is 14.8 Å². The highest BCUT2D eigenvalue weighted by atomic mass is 32.2. The number of thiazole rings is 1. The lowest BCUT2D eigenvalue weighted by Gasteiger charge is -2.11. The summed E-state index contributed by atoms with van der Waals surface area (Å²) in [5, 5.41) is 2.88. The quantitative estimate of drug-likeness (QED) is 0.548. The largest absolute Gasteiger partial charge is 0.497 e. The van der Waals surface area contributed by atoms with Crippen LogP contribution >= 0.6 is 11.3 Å². The van der Waals surface area contributed by atoms with Gasteiger partial charge in [-0.1, -0.05) is 29.0 Å². The van der Waals surface area contributed by atoms with Crippen LogP contribution in [0.25, 0.3) is 0 Å². The molecule has 1 amide bonds. The fourth-order valence-corrected chi connectivity index (χ4v) is 5.33. The molecular weight excluding hydrogens is 438 g/mol. The number of hydrogen-bond donors (Lipinski definition) is 2. The molecule has 0 bridgehead atoms. The van der Waals surface area contributed by atoms with Gasteiger partial charge >= 0.3 is 0 Å². The van der Waals surface area contributed by atoms with Gasteiger partial charge in [-0.2, -0.15) is 0 Å². The number of anilines is 2. The summed E-state index contributed by atoms with van der Waals surface area (Å²) >= 11 is 0.960. The maximum absolute atomic E-state index is 12.8. The van der Waals surface area contributed by atoms with Crippen LogP contribution in [0.15, 0.2) is 41.3 Å². The number of nitrogens with one attached hydrogen (secondary N) is 2. The number of amides is 1. The normalized spacial score (nSPS) is 11.1. The summed E-state index contributed by atoms with van der Waals surface area (Å²) in [5.41, 5.74) is 2.46. The monoisotopic (exact) mass is 461 g/mol. The number of benzene rings is 2. The van der Waals surface area contributed by atoms with Gasteiger partial charge in [-0.05, 0) is 44.5 Å². The average molecular weight is 462 g/mol. The molecule has 0 atom stereocenters. The Kier molecular flexibility index (Phi) is 6.51. The number of sulfonamides is 1. The minimum absolute atomic E-state index is 0.115. The topological polar surface area (TPSA) is 107 Å². The first kappa shape index (κ1) is 22.6. The van der Waals surface area contributed by atoms with E-state index in [1.165, 1.54) is 14.2 Å². The zero-order valence-electron chi connectivity index (χ0n) is 17.8. The Morgan fingerprint density at radius 3 is 2.42 bits per heavy atom. The predicted molar refractivity (Wildman–Crippen MR) is 121 cm³/mol. The third-order valence-corrected chi connectivity index (χ3v) is 7.20. The van der Waals surface area contributed by atoms with Crippen LogP contribution in [-0.2, 0) is 10.0 Å². The Labute approximate surface area is 185 Å². The van der Waals surface area contributed by atoms with Crippen LogP contribution in [0.1, 0.15) is 26.5 Å². The van der Waals surface area contributed by atoms with Gasteiger partial charge in [-0.15, -0.1) is 0 Å². The van der Waals surface area contributed by atoms with Gasteiger partial charge in [0.2, 0.25) is 0 Å². The van der Waals surface area contributed by atoms with Crippen LogP contribution in [0.3, 0.4) is 0 Å². The Morgan fingerprint density at radius 2 is 1.77 bits per heavy atom. The maximum Gasteiger partial charge on any atom is 0.267 e. The second-order valence-corrected chi connectivity index (χ2v) is 9.48. The van der Waals surface area contributed by atoms with Crippen molar-refractivity contribution in [1.29, 1.82) is 0 Å². The second kappa shape index (κ2) is 8.94. The van der Waals surface area contributed by atoms with E-state index in [0.29, 0.717) is 28.4 Å². The Hall–Kier alpha value is -3.11. The zero-order valence-corrected chi connectivity index (χ0v) is 19.4. The highest BCUT2D eigenvalue weighted by Crippen LogP contribution is 2.31. The van der Waals surface area contributed by atoms with Crippen LogP contribution in [0.2, 0.25) is 0 Å². The number of aryl methyl sites for hydroxylation is 3. The summed E-state index contributed by atoms with van der Waals surface area (Å²) in [4.78, 5) is 17.5. The molecule has 0 spiro atoms. The van der Waals surface area contributed by atoms with Crippen LogP contribution < -0.4 is 19.5 Å². The van der Waals surface area contributed by atoms with Crippen LogP contribution in [0, 0.1) is 20.8 Å². The Bertz CT molecular complexity index is 1240. The molecule has 0 aliphatic carbocycles. The van der Waals surface area contributed by atoms with Crippen molar-refractivity contribution < 1.29 is 22.7 Å². The molecule has 2 aromatic carbocycles. The molecule has 31 heavy (non-hydrogen) atoms. The number of aromatic nitrogens is 1. The highest BCUT2D eigenvalue weighted by molar-refractivity contribution is 7.93. The summed E-state index contributed by atoms with van der Waals surface area (Å²) < 4.78 is 38.5. The van der Waals surface area contributed by atoms with Crippen molar-refractivity contribution in [1.82, 2.24) is 4.98 Å². The molecule has 3 aromatic rings. The number of ether oxygens (including phenoxy) is 2. The molecular formula is C21H23N3O5S2. The van der Waals surface area contributed by atoms with Crippen molar-refractivity contribution in [2.45, 2.75) is 25.7 Å². The average Bonchev–Trinajstić information content (AvgIpc) is 3.07. The van der Waals surface area contributed by atoms with Crippen LogP contribution in [0.5, 0.6) is 11.5 Å². The molecule has 2 N–H and O–H groups in total. The van der Waals surface area contributed by atoms with Crippen molar-refractivity contribution >= 4 is 38.1 Å². The number of nitrogens with zero attached hydrogens (tertiary/aromatic N) is 1. The molecule has 1 aromatic heterocycles. The Balaban J connectivity index is 1.83. The first-order valence-electron chi connectivity index (χ1n) is 9.25. The highest BCUT2D eigenvalue weighted by Gasteiger charge is 2.22. The lowest BCUT2D eigenvalue weighted by Crippen LogP contribution is -2.14. The molecule has 0 unspecified atom stereocenters. The van der Waals surface area contributed by atoms with Gasteiger partial charge in [0.1, 0.15) is 16.4 Å². The Morgan fingerprint density at radius 1 is 1.03 bits per heavy atom. The lowest BCUT2D eigenvalue weighted by molar-refractivity contribution is 0.102. The predicted octanol–water partition coefficient (Wildman–Crippen LogP) is 4.14. The number of carbonyl (C=O) groups is 1. The van der Waals surface area contributed by atoms with Crippen molar-refractivity contribution in [2.75, 3.05) is 24.3 Å². The van der Waals surface area contributed by atoms with E-state index >= 15 is 0 Å². The number of methoxy groups -OCH3 is 2. The molecule has 164 valence electrons. The van der Waals surface area contributed by atoms with Gasteiger partial charge in [-0.25, -0.2) is 13.4 Å². The molecule has 0 fully saturated rings. The summed E-state index contributed by atoms with van der Waals surface area (Å²) in [5.74, 6) is 0.605. The minimum atomic E-state index is -3.83. The van der Waals surface area contributed by atoms with Crippen molar-refractivity contribution in [3.63, 3.8) is 0 Å². The SMILES string of the molecule is COc1ccc(NC(=O)c2sc(NS(=O)(=O)c3ccc(C)cc3C)nc2C)c(OC)c1. The summed E-state index contributed by atoms with van der Waals surface area (Å²) in [6.07, 6.45) is 0. The van der Waals surface area contributed by atoms with Crippen molar-refractivity contribution in [3.8, 4) is 11.5 Å². The van der Waals surface area contributed by atoms with Crippen LogP contribution in [0.4, 0.5) is 10.8 Å². The lowest BCUT2D eigenvalue weighted by atomic mass is 10.2. The molecule has 1 heterocycles. The molecule has 0 radical (unpaired) electrons. The zero-order chi connectivity index (χ0) is 22.8. The standard InChI is InChI=1S/C21H23N3O5S2/c1-12-6-9-18(13(2)10-12)31(26,27)24-21-22-14(3)19(30-21)20(25)23-16-8-7-15(28-4)11-17(16)29-5/h6-11H,1-5H3,(H,22,24)(H,23,25). The fraction of sp³-hybridized carbons (Fsp3) is 0.238. The van der Waals surface area contributed by atoms with E-state index in [1.54, 1.807) is 50.2 Å². The third-order valence-electron chi connectivity index (χ3n) is 4.50. The number of rotatable bonds is 7. The van der Waals surface area contributed by atoms with Gasteiger partial charge in [-0.3, -0.25) is 9.52 Å². The summed E-state index contributed by atoms with van der Waals surface area (Å²) in [7, 11) is -0.810. The molecule has 0 saturated heterocycles. The smallest absolute Gasteiger partial charge is 0.267 e. The second-order valence-electron chi connectivity index (χ2n) is 6.83. The molecule has 0 saturated carbocycles. The van der Waals surface area contributed by atoms with E-state index in [-0.39, 0.29) is 14.9 Å². The maximum atomic E-state index is 12.8. The molecule has 8 nitrogen and oxygen atoms in total. The van der Waals surface area contributed by atoms with E-state index < -0.39 is 15.9 Å². The molecule has 0 aliphatic rings. The van der Waals surface area contributed by atoms with Gasteiger partial charge in [0.05, 0.1) is 30.5 Å². The minimum Gasteiger partial charge on any atom is -0.497 e. The van der Waals surface area contributed by atoms with E-state index in [4.69, 9.17) is 9.47 Å². The fourth-order valence-electron chi connectivity index (χ4n) is 3.00. The third kappa shape index (κ3) is 4.97. The van der Waals surface area contributed by atoms with E-state index in [9.17, 15) is 13.2 Å². The number of hydrogen-bond acceptors (Lipinski definition) is 7. The van der Waals surface area contributed by atoms with Gasteiger partial charge in [0.25, 0.3) is 15.9 Å². The van der Waals surface area contributed by atoms with E-state index in [0.717, 1.165) is 16.9 Å². The van der Waals surface area contributed by atoms with Crippen molar-refractivity contribution in [3.05, 3.63) is 58.1 Å². The summed E-state index contributed by atoms with van der Waals surface area (Å²) in [6.45, 7) is 5.27. The van der Waals surface area contributed by atoms with E-state index in [2.05, 4.69) is 15.0 Å².